The summed E-state index contributed by atoms with van der Waals surface area (Å²) in [6, 6.07) is 0. The number of fused-ring (bicyclic) bond motifs is 2. The fourth-order valence-corrected chi connectivity index (χ4v) is 3.13. The first kappa shape index (κ1) is 12.5. The van der Waals surface area contributed by atoms with E-state index in [-0.39, 0.29) is 12.2 Å². The van der Waals surface area contributed by atoms with Gasteiger partial charge in [-0.2, -0.15) is 0 Å². The molecule has 2 unspecified atom stereocenters. The Balaban J connectivity index is 2.19. The van der Waals surface area contributed by atoms with E-state index in [1.165, 1.54) is 0 Å². The van der Waals surface area contributed by atoms with Gasteiger partial charge in [-0.25, -0.2) is 0 Å². The summed E-state index contributed by atoms with van der Waals surface area (Å²) in [6.07, 6.45) is -0.987. The van der Waals surface area contributed by atoms with Gasteiger partial charge in [0.05, 0.1) is 19.3 Å². The molecule has 7 heteroatoms. The molecule has 0 saturated carbocycles. The molecule has 2 aliphatic heterocycles. The summed E-state index contributed by atoms with van der Waals surface area (Å²) in [5.41, 5.74) is -0.743. The average Bonchev–Trinajstić information content (AvgIpc) is 2.54. The van der Waals surface area contributed by atoms with Gasteiger partial charge in [-0.3, -0.25) is 9.09 Å². The third kappa shape index (κ3) is 2.06. The van der Waals surface area contributed by atoms with Crippen LogP contribution < -0.4 is 0 Å². The third-order valence-electron chi connectivity index (χ3n) is 2.92. The molecule has 0 radical (unpaired) electrons. The normalized spacial score (nSPS) is 45.9. The number of hydrogen-bond acceptors (Lipinski definition) is 5. The van der Waals surface area contributed by atoms with Crippen LogP contribution in [-0.4, -0.2) is 55.8 Å². The van der Waals surface area contributed by atoms with E-state index in [4.69, 9.17) is 18.7 Å². The van der Waals surface area contributed by atoms with Crippen LogP contribution >= 0.6 is 7.60 Å². The van der Waals surface area contributed by atoms with Crippen molar-refractivity contribution in [3.05, 3.63) is 0 Å². The van der Waals surface area contributed by atoms with E-state index < -0.39 is 19.3 Å². The summed E-state index contributed by atoms with van der Waals surface area (Å²) in [7, 11) is -2.01. The Morgan fingerprint density at radius 3 is 2.81 bits per heavy atom. The Kier molecular flexibility index (Phi) is 3.16. The highest BCUT2D eigenvalue weighted by Crippen LogP contribution is 2.49. The van der Waals surface area contributed by atoms with Crippen molar-refractivity contribution in [2.45, 2.75) is 30.8 Å². The smallest absolute Gasteiger partial charge is 0.325 e. The number of rotatable bonds is 4. The summed E-state index contributed by atoms with van der Waals surface area (Å²) in [6.45, 7) is 3.64. The first-order valence-corrected chi connectivity index (χ1v) is 7.17. The summed E-state index contributed by atoms with van der Waals surface area (Å²) in [5, 5.41) is 0. The largest absolute Gasteiger partial charge is 0.381 e. The molecule has 5 atom stereocenters. The molecule has 0 amide bonds. The van der Waals surface area contributed by atoms with Crippen molar-refractivity contribution in [2.24, 2.45) is 0 Å². The molecule has 1 N–H and O–H groups in total. The molecule has 0 spiro atoms. The van der Waals surface area contributed by atoms with Gasteiger partial charge in [-0.1, -0.05) is 0 Å². The van der Waals surface area contributed by atoms with Crippen molar-refractivity contribution >= 4 is 7.60 Å². The second kappa shape index (κ2) is 4.05. The predicted octanol–water partition coefficient (Wildman–Crippen LogP) is 0.389. The van der Waals surface area contributed by atoms with Gasteiger partial charge in [0.15, 0.2) is 0 Å². The molecule has 6 nitrogen and oxygen atoms in total. The maximum absolute atomic E-state index is 11.3. The molecule has 16 heavy (non-hydrogen) atoms. The fraction of sp³-hybridized carbons (Fsp3) is 1.00. The zero-order chi connectivity index (χ0) is 12.0. The molecule has 2 fully saturated rings. The molecule has 0 aliphatic carbocycles. The number of hydrogen-bond donors (Lipinski definition) is 1. The quantitative estimate of drug-likeness (QED) is 0.729. The first-order valence-electron chi connectivity index (χ1n) is 5.15. The Morgan fingerprint density at radius 1 is 1.62 bits per heavy atom. The first-order chi connectivity index (χ1) is 7.38. The molecule has 0 aromatic carbocycles. The van der Waals surface area contributed by atoms with Crippen molar-refractivity contribution < 1.29 is 28.2 Å². The lowest BCUT2D eigenvalue weighted by Gasteiger charge is -2.29. The van der Waals surface area contributed by atoms with E-state index in [2.05, 4.69) is 0 Å². The van der Waals surface area contributed by atoms with Crippen LogP contribution in [0.15, 0.2) is 0 Å². The monoisotopic (exact) mass is 252 g/mol. The van der Waals surface area contributed by atoms with E-state index in [9.17, 15) is 9.46 Å². The Bertz CT molecular complexity index is 315. The lowest BCUT2D eigenvalue weighted by atomic mass is 10.00. The molecule has 2 rings (SSSR count). The Labute approximate surface area is 94.4 Å². The summed E-state index contributed by atoms with van der Waals surface area (Å²) >= 11 is 0. The lowest BCUT2D eigenvalue weighted by Crippen LogP contribution is -2.45. The summed E-state index contributed by atoms with van der Waals surface area (Å²) in [4.78, 5) is 9.29. The van der Waals surface area contributed by atoms with Crippen molar-refractivity contribution in [1.29, 1.82) is 0 Å². The van der Waals surface area contributed by atoms with Gasteiger partial charge in [-0.05, 0) is 6.92 Å². The highest BCUT2D eigenvalue weighted by Gasteiger charge is 2.62. The Hall–Kier alpha value is 0.0300. The van der Waals surface area contributed by atoms with Crippen molar-refractivity contribution in [2.75, 3.05) is 27.0 Å². The van der Waals surface area contributed by atoms with Crippen LogP contribution in [0.25, 0.3) is 0 Å². The third-order valence-corrected chi connectivity index (χ3v) is 3.54. The highest BCUT2D eigenvalue weighted by molar-refractivity contribution is 7.51. The maximum Gasteiger partial charge on any atom is 0.325 e. The zero-order valence-corrected chi connectivity index (χ0v) is 10.5. The molecule has 2 saturated heterocycles. The summed E-state index contributed by atoms with van der Waals surface area (Å²) in [5.74, 6) is 0. The van der Waals surface area contributed by atoms with Crippen LogP contribution in [0.5, 0.6) is 0 Å². The van der Waals surface area contributed by atoms with Crippen molar-refractivity contribution in [1.82, 2.24) is 0 Å². The van der Waals surface area contributed by atoms with E-state index in [0.717, 1.165) is 6.66 Å². The van der Waals surface area contributed by atoms with Gasteiger partial charge in [0, 0.05) is 13.8 Å². The SMILES string of the molecule is COC[C@@]12COC([C@H](C)O1)[C@@H]2OP(C)(=O)O. The predicted molar refractivity (Wildman–Crippen MR) is 55.5 cm³/mol. The van der Waals surface area contributed by atoms with Crippen molar-refractivity contribution in [3.63, 3.8) is 0 Å². The standard InChI is InChI=1S/C9H17O6P/c1-6-7-8(15-16(3,10)11)9(14-6,4-12-2)5-13-7/h6-8H,4-5H2,1-3H3,(H,10,11)/t6-,7?,8-,9-/m0/s1. The molecular formula is C9H17O6P. The van der Waals surface area contributed by atoms with Gasteiger partial charge < -0.3 is 19.1 Å². The zero-order valence-electron chi connectivity index (χ0n) is 9.58. The molecule has 2 bridgehead atoms. The number of ether oxygens (including phenoxy) is 3. The molecule has 2 aliphatic rings. The van der Waals surface area contributed by atoms with Gasteiger partial charge >= 0.3 is 7.60 Å². The van der Waals surface area contributed by atoms with Crippen LogP contribution in [0.4, 0.5) is 0 Å². The maximum atomic E-state index is 11.3. The minimum Gasteiger partial charge on any atom is -0.381 e. The molecule has 0 aromatic rings. The van der Waals surface area contributed by atoms with Crippen molar-refractivity contribution in [3.8, 4) is 0 Å². The molecule has 94 valence electrons. The fourth-order valence-electron chi connectivity index (χ4n) is 2.40. The molecule has 2 heterocycles. The minimum absolute atomic E-state index is 0.152. The second-order valence-electron chi connectivity index (χ2n) is 4.43. The van der Waals surface area contributed by atoms with E-state index in [0.29, 0.717) is 13.2 Å². The lowest BCUT2D eigenvalue weighted by molar-refractivity contribution is -0.158. The van der Waals surface area contributed by atoms with E-state index >= 15 is 0 Å². The van der Waals surface area contributed by atoms with Crippen LogP contribution in [0.1, 0.15) is 6.92 Å². The van der Waals surface area contributed by atoms with Gasteiger partial charge in [0.25, 0.3) is 0 Å². The minimum atomic E-state index is -3.56. The molecule has 0 aromatic heterocycles. The van der Waals surface area contributed by atoms with Crippen LogP contribution in [-0.2, 0) is 23.3 Å². The van der Waals surface area contributed by atoms with Gasteiger partial charge in [0.2, 0.25) is 0 Å². The highest BCUT2D eigenvalue weighted by atomic mass is 31.2. The van der Waals surface area contributed by atoms with Gasteiger partial charge in [-0.15, -0.1) is 0 Å². The van der Waals surface area contributed by atoms with Crippen LogP contribution in [0.3, 0.4) is 0 Å². The van der Waals surface area contributed by atoms with Crippen LogP contribution in [0.2, 0.25) is 0 Å². The average molecular weight is 252 g/mol. The van der Waals surface area contributed by atoms with E-state index in [1.54, 1.807) is 7.11 Å². The van der Waals surface area contributed by atoms with Crippen LogP contribution in [0, 0.1) is 0 Å². The Morgan fingerprint density at radius 2 is 2.31 bits per heavy atom. The second-order valence-corrected chi connectivity index (χ2v) is 6.24. The molecular weight excluding hydrogens is 235 g/mol. The summed E-state index contributed by atoms with van der Waals surface area (Å²) < 4.78 is 32.9. The van der Waals surface area contributed by atoms with Gasteiger partial charge in [0.1, 0.15) is 17.8 Å². The van der Waals surface area contributed by atoms with E-state index in [1.807, 2.05) is 6.92 Å². The topological polar surface area (TPSA) is 74.2 Å². The number of methoxy groups -OCH3 is 1.